The summed E-state index contributed by atoms with van der Waals surface area (Å²) >= 11 is 1.40. The standard InChI is InChI=1S/C12H26.C5H11.C3H4O4.Na/c1-3-5-7-9-11-12-10-8-6-4-2;1-3-5-4-2;4-2(5)1-3(6)7;/h3-12H2,1-2H3;1,3-5H2,2H3;1H2,(H,4,5)(H,6,7);. The van der Waals surface area contributed by atoms with Gasteiger partial charge in [0.15, 0.2) is 0 Å². The second kappa shape index (κ2) is 28.7. The normalized spacial score (nSPS) is 9.48. The topological polar surface area (TPSA) is 74.6 Å². The second-order valence-electron chi connectivity index (χ2n) is 6.50. The molecule has 0 bridgehead atoms. The molecule has 0 saturated heterocycles. The van der Waals surface area contributed by atoms with Crippen LogP contribution < -0.4 is 0 Å². The third kappa shape index (κ3) is 45.4. The maximum absolute atomic E-state index is 9.43. The van der Waals surface area contributed by atoms with Crippen LogP contribution in [0.3, 0.4) is 0 Å². The van der Waals surface area contributed by atoms with E-state index in [1.807, 2.05) is 0 Å². The van der Waals surface area contributed by atoms with E-state index in [0.29, 0.717) is 0 Å². The fourth-order valence-electron chi connectivity index (χ4n) is 2.19. The Hall–Kier alpha value is -0.0600. The molecule has 0 amide bonds. The molecule has 0 rings (SSSR count). The number of aliphatic carboxylic acids is 2. The van der Waals surface area contributed by atoms with Crippen LogP contribution in [0.2, 0.25) is 3.67 Å². The van der Waals surface area contributed by atoms with E-state index in [1.165, 1.54) is 115 Å². The Morgan fingerprint density at radius 1 is 0.600 bits per heavy atom. The molecule has 0 atom stereocenters. The van der Waals surface area contributed by atoms with Crippen LogP contribution >= 0.6 is 0 Å². The van der Waals surface area contributed by atoms with E-state index in [-0.39, 0.29) is 0 Å². The van der Waals surface area contributed by atoms with Gasteiger partial charge in [-0.05, 0) is 0 Å². The molecule has 0 aliphatic rings. The van der Waals surface area contributed by atoms with Crippen LogP contribution in [-0.4, -0.2) is 50.1 Å². The number of rotatable bonds is 14. The van der Waals surface area contributed by atoms with Crippen molar-refractivity contribution in [2.24, 2.45) is 0 Å². The van der Waals surface area contributed by atoms with Crippen molar-refractivity contribution >= 4 is 39.9 Å². The molecule has 0 aliphatic carbocycles. The molecule has 0 heterocycles. The van der Waals surface area contributed by atoms with Crippen LogP contribution in [0.4, 0.5) is 0 Å². The summed E-state index contributed by atoms with van der Waals surface area (Å²) in [7, 11) is 0. The number of carboxylic acids is 2. The summed E-state index contributed by atoms with van der Waals surface area (Å²) in [4.78, 5) is 18.9. The average Bonchev–Trinajstić information content (AvgIpc) is 2.55. The van der Waals surface area contributed by atoms with Crippen LogP contribution in [-0.2, 0) is 9.59 Å². The van der Waals surface area contributed by atoms with Crippen LogP contribution in [0.5, 0.6) is 0 Å². The molecule has 0 unspecified atom stereocenters. The average molecular weight is 369 g/mol. The predicted molar refractivity (Wildman–Crippen MR) is 107 cm³/mol. The number of carboxylic acid groups (broad SMARTS) is 2. The van der Waals surface area contributed by atoms with Gasteiger partial charge in [-0.25, -0.2) is 0 Å². The van der Waals surface area contributed by atoms with Gasteiger partial charge in [0.1, 0.15) is 6.42 Å². The largest absolute Gasteiger partial charge is 0.481 e. The maximum Gasteiger partial charge on any atom is 0.314 e. The van der Waals surface area contributed by atoms with Crippen molar-refractivity contribution in [2.45, 2.75) is 114 Å². The monoisotopic (exact) mass is 368 g/mol. The third-order valence-electron chi connectivity index (χ3n) is 3.72. The molecule has 0 fully saturated rings. The van der Waals surface area contributed by atoms with E-state index in [2.05, 4.69) is 20.8 Å². The van der Waals surface area contributed by atoms with Gasteiger partial charge in [-0.3, -0.25) is 9.59 Å². The van der Waals surface area contributed by atoms with E-state index in [9.17, 15) is 9.59 Å². The zero-order valence-electron chi connectivity index (χ0n) is 17.3. The molecule has 0 aromatic rings. The first-order valence-corrected chi connectivity index (χ1v) is 11.8. The summed E-state index contributed by atoms with van der Waals surface area (Å²) < 4.78 is 1.49. The maximum atomic E-state index is 9.43. The zero-order chi connectivity index (χ0) is 19.8. The Balaban J connectivity index is -0.000000317. The van der Waals surface area contributed by atoms with Crippen molar-refractivity contribution in [3.8, 4) is 0 Å². The smallest absolute Gasteiger partial charge is 0.314 e. The minimum atomic E-state index is -1.31. The van der Waals surface area contributed by atoms with Gasteiger partial charge in [0, 0.05) is 0 Å². The number of hydrogen-bond acceptors (Lipinski definition) is 2. The summed E-state index contributed by atoms with van der Waals surface area (Å²) in [5.41, 5.74) is 0. The van der Waals surface area contributed by atoms with Gasteiger partial charge in [-0.2, -0.15) is 0 Å². The van der Waals surface area contributed by atoms with Crippen LogP contribution in [0.15, 0.2) is 0 Å². The minimum Gasteiger partial charge on any atom is -0.481 e. The third-order valence-corrected chi connectivity index (χ3v) is 4.42. The summed E-state index contributed by atoms with van der Waals surface area (Å²) in [6, 6.07) is 0. The van der Waals surface area contributed by atoms with Crippen molar-refractivity contribution < 1.29 is 19.8 Å². The van der Waals surface area contributed by atoms with Gasteiger partial charge < -0.3 is 10.2 Å². The molecule has 2 N–H and O–H groups in total. The molecule has 5 heteroatoms. The molecular formula is C20H41NaO4. The molecule has 0 aromatic carbocycles. The Morgan fingerprint density at radius 3 is 1.04 bits per heavy atom. The molecule has 0 radical (unpaired) electrons. The van der Waals surface area contributed by atoms with E-state index in [0.717, 1.165) is 0 Å². The zero-order valence-corrected chi connectivity index (χ0v) is 19.3. The fourth-order valence-corrected chi connectivity index (χ4v) is 2.69. The number of carbonyl (C=O) groups is 2. The van der Waals surface area contributed by atoms with Crippen LogP contribution in [0, 0.1) is 0 Å². The van der Waals surface area contributed by atoms with Crippen molar-refractivity contribution in [2.75, 3.05) is 0 Å². The van der Waals surface area contributed by atoms with Gasteiger partial charge in [-0.15, -0.1) is 0 Å². The van der Waals surface area contributed by atoms with Crippen molar-refractivity contribution in [1.29, 1.82) is 0 Å². The fraction of sp³-hybridized carbons (Fsp3) is 0.900. The Morgan fingerprint density at radius 2 is 0.880 bits per heavy atom. The van der Waals surface area contributed by atoms with Crippen molar-refractivity contribution in [3.63, 3.8) is 0 Å². The first-order valence-electron chi connectivity index (χ1n) is 10.4. The molecule has 0 saturated carbocycles. The summed E-state index contributed by atoms with van der Waals surface area (Å²) in [6.07, 6.45) is 17.9. The molecule has 146 valence electrons. The number of unbranched alkanes of at least 4 members (excludes halogenated alkanes) is 11. The van der Waals surface area contributed by atoms with Gasteiger partial charge in [0.2, 0.25) is 0 Å². The minimum absolute atomic E-state index is 0.806. The van der Waals surface area contributed by atoms with Crippen LogP contribution in [0.25, 0.3) is 0 Å². The molecule has 0 aliphatic heterocycles. The molecule has 4 nitrogen and oxygen atoms in total. The molecule has 25 heavy (non-hydrogen) atoms. The van der Waals surface area contributed by atoms with E-state index >= 15 is 0 Å². The number of hydrogen-bond donors (Lipinski definition) is 2. The Labute approximate surface area is 173 Å². The van der Waals surface area contributed by atoms with Crippen LogP contribution in [0.1, 0.15) is 111 Å². The van der Waals surface area contributed by atoms with Crippen molar-refractivity contribution in [1.82, 2.24) is 0 Å². The second-order valence-corrected chi connectivity index (χ2v) is 7.50. The molecular weight excluding hydrogens is 327 g/mol. The SMILES string of the molecule is CCCCCCCCCCCC.CCCC[CH2][Na].O=C(O)CC(=O)O. The van der Waals surface area contributed by atoms with Gasteiger partial charge in [-0.1, -0.05) is 78.1 Å². The van der Waals surface area contributed by atoms with E-state index in [4.69, 9.17) is 10.2 Å². The van der Waals surface area contributed by atoms with Gasteiger partial charge in [0.05, 0.1) is 0 Å². The quantitative estimate of drug-likeness (QED) is 0.216. The summed E-state index contributed by atoms with van der Waals surface area (Å²) in [5.74, 6) is -2.62. The summed E-state index contributed by atoms with van der Waals surface area (Å²) in [5, 5.41) is 15.4. The van der Waals surface area contributed by atoms with Gasteiger partial charge in [0.25, 0.3) is 0 Å². The first kappa shape index (κ1) is 29.7. The Kier molecular flexibility index (Phi) is 34.1. The molecule has 0 spiro atoms. The van der Waals surface area contributed by atoms with Gasteiger partial charge >= 0.3 is 69.7 Å². The predicted octanol–water partition coefficient (Wildman–Crippen LogP) is 6.24. The summed E-state index contributed by atoms with van der Waals surface area (Å²) in [6.45, 7) is 6.81. The Bertz CT molecular complexity index is 244. The van der Waals surface area contributed by atoms with E-state index in [1.54, 1.807) is 0 Å². The first-order chi connectivity index (χ1) is 12.0. The van der Waals surface area contributed by atoms with E-state index < -0.39 is 18.4 Å². The molecule has 0 aromatic heterocycles. The van der Waals surface area contributed by atoms with Crippen molar-refractivity contribution in [3.05, 3.63) is 0 Å².